The topological polar surface area (TPSA) is 94.3 Å². The van der Waals surface area contributed by atoms with Crippen molar-refractivity contribution < 1.29 is 14.3 Å². The highest BCUT2D eigenvalue weighted by atomic mass is 32.2. The summed E-state index contributed by atoms with van der Waals surface area (Å²) in [5.41, 5.74) is 5.31. The summed E-state index contributed by atoms with van der Waals surface area (Å²) in [6.45, 7) is -0.184. The molecule has 0 spiro atoms. The van der Waals surface area contributed by atoms with Crippen molar-refractivity contribution in [2.45, 2.75) is 12.5 Å². The lowest BCUT2D eigenvalue weighted by molar-refractivity contribution is -0.117. The summed E-state index contributed by atoms with van der Waals surface area (Å²) < 4.78 is 5.67. The first-order chi connectivity index (χ1) is 9.15. The van der Waals surface area contributed by atoms with E-state index in [0.29, 0.717) is 11.4 Å². The third kappa shape index (κ3) is 4.13. The SMILES string of the molecule is NC(=O)CNC(=O)c1ccc(OC2CCSC2)nc1. The molecule has 2 heterocycles. The van der Waals surface area contributed by atoms with Gasteiger partial charge in [0.1, 0.15) is 6.10 Å². The molecule has 6 nitrogen and oxygen atoms in total. The number of nitrogens with two attached hydrogens (primary N) is 1. The molecule has 1 unspecified atom stereocenters. The highest BCUT2D eigenvalue weighted by Gasteiger charge is 2.17. The number of hydrogen-bond acceptors (Lipinski definition) is 5. The van der Waals surface area contributed by atoms with Crippen molar-refractivity contribution in [3.05, 3.63) is 23.9 Å². The van der Waals surface area contributed by atoms with Crippen LogP contribution in [0.3, 0.4) is 0 Å². The van der Waals surface area contributed by atoms with Crippen molar-refractivity contribution in [2.24, 2.45) is 5.73 Å². The maximum Gasteiger partial charge on any atom is 0.253 e. The largest absolute Gasteiger partial charge is 0.473 e. The quantitative estimate of drug-likeness (QED) is 0.803. The Labute approximate surface area is 115 Å². The number of nitrogens with one attached hydrogen (secondary N) is 1. The normalized spacial score (nSPS) is 18.0. The molecule has 0 aliphatic carbocycles. The zero-order chi connectivity index (χ0) is 13.7. The number of rotatable bonds is 5. The number of pyridine rings is 1. The van der Waals surface area contributed by atoms with E-state index in [1.807, 2.05) is 11.8 Å². The minimum absolute atomic E-state index is 0.184. The molecule has 0 bridgehead atoms. The third-order valence-electron chi connectivity index (χ3n) is 2.60. The molecule has 1 aromatic rings. The molecule has 102 valence electrons. The van der Waals surface area contributed by atoms with Gasteiger partial charge in [-0.3, -0.25) is 9.59 Å². The van der Waals surface area contributed by atoms with E-state index >= 15 is 0 Å². The third-order valence-corrected chi connectivity index (χ3v) is 3.73. The molecule has 3 N–H and O–H groups in total. The Morgan fingerprint density at radius 2 is 2.37 bits per heavy atom. The molecule has 0 radical (unpaired) electrons. The van der Waals surface area contributed by atoms with Crippen LogP contribution in [0.5, 0.6) is 5.88 Å². The lowest BCUT2D eigenvalue weighted by atomic mass is 10.2. The van der Waals surface area contributed by atoms with Crippen molar-refractivity contribution in [3.63, 3.8) is 0 Å². The molecule has 19 heavy (non-hydrogen) atoms. The van der Waals surface area contributed by atoms with Gasteiger partial charge in [-0.25, -0.2) is 4.98 Å². The average Bonchev–Trinajstić information content (AvgIpc) is 2.89. The number of aromatic nitrogens is 1. The number of thioether (sulfide) groups is 1. The van der Waals surface area contributed by atoms with Crippen molar-refractivity contribution in [3.8, 4) is 5.88 Å². The first kappa shape index (κ1) is 13.7. The Hall–Kier alpha value is -1.76. The number of primary amides is 1. The number of nitrogens with zero attached hydrogens (tertiary/aromatic N) is 1. The van der Waals surface area contributed by atoms with Crippen LogP contribution in [0.4, 0.5) is 0 Å². The second-order valence-corrected chi connectivity index (χ2v) is 5.29. The van der Waals surface area contributed by atoms with E-state index in [9.17, 15) is 9.59 Å². The standard InChI is InChI=1S/C12H15N3O3S/c13-10(16)6-15-12(17)8-1-2-11(14-5-8)18-9-3-4-19-7-9/h1-2,5,9H,3-4,6-7H2,(H2,13,16)(H,15,17). The Kier molecular flexibility index (Phi) is 4.62. The lowest BCUT2D eigenvalue weighted by Gasteiger charge is -2.11. The number of amides is 2. The van der Waals surface area contributed by atoms with E-state index < -0.39 is 5.91 Å². The summed E-state index contributed by atoms with van der Waals surface area (Å²) >= 11 is 1.86. The fourth-order valence-electron chi connectivity index (χ4n) is 1.63. The minimum atomic E-state index is -0.583. The van der Waals surface area contributed by atoms with Gasteiger partial charge in [0.2, 0.25) is 11.8 Å². The van der Waals surface area contributed by atoms with Crippen molar-refractivity contribution in [1.29, 1.82) is 0 Å². The van der Waals surface area contributed by atoms with Crippen LogP contribution in [-0.4, -0.2) is 41.0 Å². The van der Waals surface area contributed by atoms with E-state index in [1.165, 1.54) is 6.20 Å². The van der Waals surface area contributed by atoms with Crippen LogP contribution in [0.25, 0.3) is 0 Å². The van der Waals surface area contributed by atoms with E-state index in [0.717, 1.165) is 17.9 Å². The summed E-state index contributed by atoms with van der Waals surface area (Å²) in [5.74, 6) is 1.63. The number of carbonyl (C=O) groups is 2. The molecule has 7 heteroatoms. The predicted octanol–water partition coefficient (Wildman–Crippen LogP) is 0.181. The highest BCUT2D eigenvalue weighted by Crippen LogP contribution is 2.21. The minimum Gasteiger partial charge on any atom is -0.473 e. The van der Waals surface area contributed by atoms with Crippen LogP contribution in [0.2, 0.25) is 0 Å². The van der Waals surface area contributed by atoms with Crippen LogP contribution in [0, 0.1) is 0 Å². The van der Waals surface area contributed by atoms with E-state index in [2.05, 4.69) is 10.3 Å². The van der Waals surface area contributed by atoms with Gasteiger partial charge in [0.15, 0.2) is 0 Å². The van der Waals surface area contributed by atoms with Gasteiger partial charge in [-0.05, 0) is 18.2 Å². The predicted molar refractivity (Wildman–Crippen MR) is 72.1 cm³/mol. The van der Waals surface area contributed by atoms with Crippen LogP contribution < -0.4 is 15.8 Å². The highest BCUT2D eigenvalue weighted by molar-refractivity contribution is 7.99. The molecule has 0 aromatic carbocycles. The molecule has 1 aromatic heterocycles. The first-order valence-electron chi connectivity index (χ1n) is 5.92. The van der Waals surface area contributed by atoms with Crippen molar-refractivity contribution >= 4 is 23.6 Å². The molecule has 1 atom stereocenters. The van der Waals surface area contributed by atoms with Gasteiger partial charge in [-0.1, -0.05) is 0 Å². The average molecular weight is 281 g/mol. The monoisotopic (exact) mass is 281 g/mol. The van der Waals surface area contributed by atoms with Gasteiger partial charge in [0.25, 0.3) is 5.91 Å². The Bertz CT molecular complexity index is 458. The fourth-order valence-corrected chi connectivity index (χ4v) is 2.72. The molecule has 2 amide bonds. The van der Waals surface area contributed by atoms with Crippen LogP contribution in [0.15, 0.2) is 18.3 Å². The van der Waals surface area contributed by atoms with Gasteiger partial charge in [0, 0.05) is 18.0 Å². The second-order valence-electron chi connectivity index (χ2n) is 4.14. The van der Waals surface area contributed by atoms with E-state index in [1.54, 1.807) is 12.1 Å². The zero-order valence-electron chi connectivity index (χ0n) is 10.3. The summed E-state index contributed by atoms with van der Waals surface area (Å²) in [6.07, 6.45) is 2.65. The van der Waals surface area contributed by atoms with Crippen LogP contribution in [0.1, 0.15) is 16.8 Å². The molecular formula is C12H15N3O3S. The molecule has 2 rings (SSSR count). The van der Waals surface area contributed by atoms with E-state index in [4.69, 9.17) is 10.5 Å². The Balaban J connectivity index is 1.89. The smallest absolute Gasteiger partial charge is 0.253 e. The summed E-state index contributed by atoms with van der Waals surface area (Å²) in [6, 6.07) is 3.27. The van der Waals surface area contributed by atoms with Gasteiger partial charge in [0.05, 0.1) is 12.1 Å². The van der Waals surface area contributed by atoms with Crippen molar-refractivity contribution in [2.75, 3.05) is 18.1 Å². The zero-order valence-corrected chi connectivity index (χ0v) is 11.1. The van der Waals surface area contributed by atoms with Gasteiger partial charge >= 0.3 is 0 Å². The second kappa shape index (κ2) is 6.42. The number of carbonyl (C=O) groups excluding carboxylic acids is 2. The van der Waals surface area contributed by atoms with Crippen molar-refractivity contribution in [1.82, 2.24) is 10.3 Å². The summed E-state index contributed by atoms with van der Waals surface area (Å²) in [4.78, 5) is 26.2. The molecule has 1 aliphatic rings. The van der Waals surface area contributed by atoms with E-state index in [-0.39, 0.29) is 18.6 Å². The Morgan fingerprint density at radius 3 is 2.95 bits per heavy atom. The molecular weight excluding hydrogens is 266 g/mol. The van der Waals surface area contributed by atoms with Gasteiger partial charge in [-0.2, -0.15) is 11.8 Å². The number of ether oxygens (including phenoxy) is 1. The summed E-state index contributed by atoms with van der Waals surface area (Å²) in [7, 11) is 0. The van der Waals surface area contributed by atoms with Gasteiger partial charge < -0.3 is 15.8 Å². The fraction of sp³-hybridized carbons (Fsp3) is 0.417. The van der Waals surface area contributed by atoms with Crippen LogP contribution >= 0.6 is 11.8 Å². The Morgan fingerprint density at radius 1 is 1.53 bits per heavy atom. The summed E-state index contributed by atoms with van der Waals surface area (Å²) in [5, 5.41) is 2.39. The molecule has 1 aliphatic heterocycles. The maximum absolute atomic E-state index is 11.6. The molecule has 0 saturated carbocycles. The van der Waals surface area contributed by atoms with Gasteiger partial charge in [-0.15, -0.1) is 0 Å². The van der Waals surface area contributed by atoms with Crippen LogP contribution in [-0.2, 0) is 4.79 Å². The lowest BCUT2D eigenvalue weighted by Crippen LogP contribution is -2.33. The molecule has 1 saturated heterocycles. The molecule has 1 fully saturated rings. The first-order valence-corrected chi connectivity index (χ1v) is 7.07. The number of hydrogen-bond donors (Lipinski definition) is 2. The maximum atomic E-state index is 11.6.